The van der Waals surface area contributed by atoms with Gasteiger partial charge in [-0.25, -0.2) is 0 Å². The average Bonchev–Trinajstić information content (AvgIpc) is 1.88. The standard InChI is InChI=1S/C8H9.C3H8.W/c1-7-4-3-5-8(2)6-7;1-3-2;/h4-6H,1-2H3;3H2,1-2H3;/q-1;;. The first-order valence-electron chi connectivity index (χ1n) is 4.15. The molecule has 68 valence electrons. The summed E-state index contributed by atoms with van der Waals surface area (Å²) in [7, 11) is 0. The van der Waals surface area contributed by atoms with Crippen molar-refractivity contribution >= 4 is 0 Å². The third-order valence-corrected chi connectivity index (χ3v) is 1.08. The van der Waals surface area contributed by atoms with Crippen molar-refractivity contribution in [2.75, 3.05) is 0 Å². The van der Waals surface area contributed by atoms with Gasteiger partial charge in [0, 0.05) is 21.1 Å². The van der Waals surface area contributed by atoms with Crippen molar-refractivity contribution in [2.24, 2.45) is 0 Å². The summed E-state index contributed by atoms with van der Waals surface area (Å²) < 4.78 is 0. The molecule has 0 radical (unpaired) electrons. The Balaban J connectivity index is 0. The molecule has 1 aromatic carbocycles. The minimum absolute atomic E-state index is 0. The van der Waals surface area contributed by atoms with Crippen LogP contribution in [-0.4, -0.2) is 0 Å². The van der Waals surface area contributed by atoms with Crippen molar-refractivity contribution in [1.82, 2.24) is 0 Å². The molecule has 0 amide bonds. The Morgan fingerprint density at radius 3 is 1.58 bits per heavy atom. The Morgan fingerprint density at radius 1 is 1.08 bits per heavy atom. The van der Waals surface area contributed by atoms with Crippen LogP contribution in [0.2, 0.25) is 0 Å². The van der Waals surface area contributed by atoms with Crippen LogP contribution in [0.3, 0.4) is 0 Å². The summed E-state index contributed by atoms with van der Waals surface area (Å²) in [5.74, 6) is 0. The van der Waals surface area contributed by atoms with Gasteiger partial charge in [0.15, 0.2) is 0 Å². The van der Waals surface area contributed by atoms with Crippen molar-refractivity contribution in [3.05, 3.63) is 35.4 Å². The van der Waals surface area contributed by atoms with Crippen LogP contribution in [0.15, 0.2) is 18.2 Å². The zero-order chi connectivity index (χ0) is 8.69. The minimum Gasteiger partial charge on any atom is -0.183 e. The summed E-state index contributed by atoms with van der Waals surface area (Å²) in [4.78, 5) is 0. The molecule has 1 aromatic rings. The third-order valence-electron chi connectivity index (χ3n) is 1.08. The maximum absolute atomic E-state index is 3.03. The van der Waals surface area contributed by atoms with E-state index in [2.05, 4.69) is 39.8 Å². The zero-order valence-corrected chi connectivity index (χ0v) is 11.3. The summed E-state index contributed by atoms with van der Waals surface area (Å²) in [5, 5.41) is 0. The molecule has 12 heavy (non-hydrogen) atoms. The van der Waals surface area contributed by atoms with Crippen LogP contribution in [0, 0.1) is 19.9 Å². The van der Waals surface area contributed by atoms with Crippen molar-refractivity contribution < 1.29 is 21.1 Å². The van der Waals surface area contributed by atoms with E-state index >= 15 is 0 Å². The molecular weight excluding hydrogens is 316 g/mol. The molecule has 1 heteroatoms. The summed E-state index contributed by atoms with van der Waals surface area (Å²) in [6, 6.07) is 9.12. The first kappa shape index (κ1) is 14.4. The molecule has 0 aliphatic heterocycles. The van der Waals surface area contributed by atoms with Gasteiger partial charge in [-0.1, -0.05) is 34.1 Å². The van der Waals surface area contributed by atoms with E-state index in [1.807, 2.05) is 12.1 Å². The second-order valence-corrected chi connectivity index (χ2v) is 2.79. The van der Waals surface area contributed by atoms with Crippen molar-refractivity contribution in [2.45, 2.75) is 34.1 Å². The fourth-order valence-electron chi connectivity index (χ4n) is 0.747. The van der Waals surface area contributed by atoms with Gasteiger partial charge >= 0.3 is 0 Å². The first-order chi connectivity index (χ1) is 5.20. The Morgan fingerprint density at radius 2 is 1.42 bits per heavy atom. The van der Waals surface area contributed by atoms with E-state index in [1.165, 1.54) is 17.5 Å². The molecular formula is C11H17W-. The normalized spacial score (nSPS) is 7.67. The molecule has 0 aliphatic carbocycles. The van der Waals surface area contributed by atoms with E-state index in [9.17, 15) is 0 Å². The zero-order valence-electron chi connectivity index (χ0n) is 8.35. The summed E-state index contributed by atoms with van der Waals surface area (Å²) in [5.41, 5.74) is 2.56. The van der Waals surface area contributed by atoms with E-state index in [0.29, 0.717) is 0 Å². The Kier molecular flexibility index (Phi) is 10.8. The van der Waals surface area contributed by atoms with Crippen LogP contribution in [0.5, 0.6) is 0 Å². The van der Waals surface area contributed by atoms with Crippen molar-refractivity contribution in [3.8, 4) is 0 Å². The van der Waals surface area contributed by atoms with Crippen LogP contribution in [0.25, 0.3) is 0 Å². The maximum atomic E-state index is 3.03. The molecule has 0 N–H and O–H groups in total. The van der Waals surface area contributed by atoms with Gasteiger partial charge in [0.05, 0.1) is 0 Å². The largest absolute Gasteiger partial charge is 0.183 e. The van der Waals surface area contributed by atoms with Crippen molar-refractivity contribution in [3.63, 3.8) is 0 Å². The number of hydrogen-bond acceptors (Lipinski definition) is 0. The van der Waals surface area contributed by atoms with Gasteiger partial charge in [0.25, 0.3) is 0 Å². The first-order valence-corrected chi connectivity index (χ1v) is 4.15. The average molecular weight is 333 g/mol. The monoisotopic (exact) mass is 333 g/mol. The summed E-state index contributed by atoms with van der Waals surface area (Å²) in [6.07, 6.45) is 1.25. The third kappa shape index (κ3) is 8.01. The fraction of sp³-hybridized carbons (Fsp3) is 0.455. The molecule has 0 heterocycles. The molecule has 0 spiro atoms. The van der Waals surface area contributed by atoms with Gasteiger partial charge in [0.2, 0.25) is 0 Å². The molecule has 0 unspecified atom stereocenters. The second kappa shape index (κ2) is 9.00. The molecule has 0 nitrogen and oxygen atoms in total. The van der Waals surface area contributed by atoms with Gasteiger partial charge in [0.1, 0.15) is 0 Å². The Bertz CT molecular complexity index is 177. The molecule has 0 atom stereocenters. The SMILES string of the molecule is CCC.Cc1c[c-]cc(C)c1.[W]. The molecule has 0 saturated carbocycles. The van der Waals surface area contributed by atoms with E-state index < -0.39 is 0 Å². The van der Waals surface area contributed by atoms with E-state index in [1.54, 1.807) is 0 Å². The van der Waals surface area contributed by atoms with Crippen LogP contribution in [0.4, 0.5) is 0 Å². The molecule has 1 rings (SSSR count). The van der Waals surface area contributed by atoms with Gasteiger partial charge in [-0.15, -0.1) is 0 Å². The molecule has 0 aliphatic rings. The Labute approximate surface area is 90.7 Å². The fourth-order valence-corrected chi connectivity index (χ4v) is 0.747. The van der Waals surface area contributed by atoms with Gasteiger partial charge in [-0.2, -0.15) is 35.4 Å². The topological polar surface area (TPSA) is 0 Å². The van der Waals surface area contributed by atoms with E-state index in [0.717, 1.165) is 0 Å². The van der Waals surface area contributed by atoms with Crippen LogP contribution in [-0.2, 0) is 21.1 Å². The number of rotatable bonds is 0. The molecule has 0 saturated heterocycles. The van der Waals surface area contributed by atoms with Crippen LogP contribution >= 0.6 is 0 Å². The van der Waals surface area contributed by atoms with E-state index in [4.69, 9.17) is 0 Å². The predicted octanol–water partition coefficient (Wildman–Crippen LogP) is 3.52. The quantitative estimate of drug-likeness (QED) is 0.638. The summed E-state index contributed by atoms with van der Waals surface area (Å²) >= 11 is 0. The van der Waals surface area contributed by atoms with Crippen LogP contribution < -0.4 is 0 Å². The summed E-state index contributed by atoms with van der Waals surface area (Å²) in [6.45, 7) is 8.40. The smallest absolute Gasteiger partial charge is 0 e. The minimum atomic E-state index is 0. The van der Waals surface area contributed by atoms with Gasteiger partial charge < -0.3 is 0 Å². The Hall–Kier alpha value is -0.0917. The number of hydrogen-bond donors (Lipinski definition) is 0. The molecule has 0 fully saturated rings. The number of aryl methyl sites for hydroxylation is 2. The number of benzene rings is 1. The van der Waals surface area contributed by atoms with Crippen molar-refractivity contribution in [1.29, 1.82) is 0 Å². The van der Waals surface area contributed by atoms with Gasteiger partial charge in [-0.3, -0.25) is 0 Å². The molecule has 0 bridgehead atoms. The predicted molar refractivity (Wildman–Crippen MR) is 50.7 cm³/mol. The molecule has 0 aromatic heterocycles. The van der Waals surface area contributed by atoms with Crippen LogP contribution in [0.1, 0.15) is 31.4 Å². The second-order valence-electron chi connectivity index (χ2n) is 2.79. The van der Waals surface area contributed by atoms with Gasteiger partial charge in [-0.05, 0) is 0 Å². The van der Waals surface area contributed by atoms with E-state index in [-0.39, 0.29) is 21.1 Å². The maximum Gasteiger partial charge on any atom is 0 e.